The van der Waals surface area contributed by atoms with Crippen LogP contribution in [-0.4, -0.2) is 6.04 Å². The minimum atomic E-state index is 0.683. The standard InChI is InChI=1S/C16H24ClN/c1-13-9-10-14(16(17)11-13)12-18-15-7-5-3-2-4-6-8-15/h9-11,15,18H,2-8,12H2,1H3. The van der Waals surface area contributed by atoms with Crippen molar-refractivity contribution >= 4 is 11.6 Å². The zero-order valence-corrected chi connectivity index (χ0v) is 12.1. The maximum atomic E-state index is 6.27. The molecule has 18 heavy (non-hydrogen) atoms. The van der Waals surface area contributed by atoms with Crippen molar-refractivity contribution in [1.82, 2.24) is 5.32 Å². The summed E-state index contributed by atoms with van der Waals surface area (Å²) in [4.78, 5) is 0. The average molecular weight is 266 g/mol. The minimum Gasteiger partial charge on any atom is -0.310 e. The first kappa shape index (κ1) is 13.9. The summed E-state index contributed by atoms with van der Waals surface area (Å²) in [6, 6.07) is 7.02. The van der Waals surface area contributed by atoms with E-state index >= 15 is 0 Å². The van der Waals surface area contributed by atoms with Crippen molar-refractivity contribution in [3.63, 3.8) is 0 Å². The topological polar surface area (TPSA) is 12.0 Å². The molecule has 0 radical (unpaired) electrons. The van der Waals surface area contributed by atoms with Gasteiger partial charge in [-0.1, -0.05) is 55.8 Å². The van der Waals surface area contributed by atoms with E-state index in [2.05, 4.69) is 30.4 Å². The molecule has 0 heterocycles. The Morgan fingerprint density at radius 3 is 2.44 bits per heavy atom. The van der Waals surface area contributed by atoms with Crippen LogP contribution in [0.1, 0.15) is 56.1 Å². The van der Waals surface area contributed by atoms with Gasteiger partial charge in [-0.25, -0.2) is 0 Å². The molecule has 100 valence electrons. The Hall–Kier alpha value is -0.530. The molecule has 0 aromatic heterocycles. The highest BCUT2D eigenvalue weighted by molar-refractivity contribution is 6.31. The lowest BCUT2D eigenvalue weighted by atomic mass is 9.96. The second-order valence-electron chi connectivity index (χ2n) is 5.52. The summed E-state index contributed by atoms with van der Waals surface area (Å²) in [6.45, 7) is 2.99. The second kappa shape index (κ2) is 7.16. The van der Waals surface area contributed by atoms with Crippen LogP contribution in [0.5, 0.6) is 0 Å². The average Bonchev–Trinajstić information content (AvgIpc) is 2.29. The first-order valence-corrected chi connectivity index (χ1v) is 7.62. The molecule has 0 saturated heterocycles. The van der Waals surface area contributed by atoms with Crippen molar-refractivity contribution in [2.24, 2.45) is 0 Å². The molecule has 1 aliphatic carbocycles. The Morgan fingerprint density at radius 2 is 1.78 bits per heavy atom. The van der Waals surface area contributed by atoms with Gasteiger partial charge >= 0.3 is 0 Å². The third-order valence-corrected chi connectivity index (χ3v) is 4.25. The number of hydrogen-bond acceptors (Lipinski definition) is 1. The maximum Gasteiger partial charge on any atom is 0.0453 e. The lowest BCUT2D eigenvalue weighted by Gasteiger charge is -2.21. The second-order valence-corrected chi connectivity index (χ2v) is 5.93. The molecule has 2 heteroatoms. The largest absolute Gasteiger partial charge is 0.310 e. The first-order valence-electron chi connectivity index (χ1n) is 7.24. The van der Waals surface area contributed by atoms with E-state index in [9.17, 15) is 0 Å². The van der Waals surface area contributed by atoms with E-state index in [1.807, 2.05) is 0 Å². The molecule has 0 spiro atoms. The van der Waals surface area contributed by atoms with Crippen LogP contribution >= 0.6 is 11.6 Å². The summed E-state index contributed by atoms with van der Waals surface area (Å²) in [5.74, 6) is 0. The zero-order valence-electron chi connectivity index (χ0n) is 11.3. The Kier molecular flexibility index (Phi) is 5.52. The fraction of sp³-hybridized carbons (Fsp3) is 0.625. The van der Waals surface area contributed by atoms with Gasteiger partial charge in [-0.2, -0.15) is 0 Å². The van der Waals surface area contributed by atoms with E-state index in [1.54, 1.807) is 0 Å². The van der Waals surface area contributed by atoms with E-state index in [-0.39, 0.29) is 0 Å². The summed E-state index contributed by atoms with van der Waals surface area (Å²) in [5.41, 5.74) is 2.46. The van der Waals surface area contributed by atoms with Crippen molar-refractivity contribution in [2.45, 2.75) is 64.5 Å². The molecule has 1 aliphatic rings. The van der Waals surface area contributed by atoms with Gasteiger partial charge in [0, 0.05) is 17.6 Å². The molecule has 1 saturated carbocycles. The Bertz CT molecular complexity index is 367. The highest BCUT2D eigenvalue weighted by Crippen LogP contribution is 2.20. The maximum absolute atomic E-state index is 6.27. The van der Waals surface area contributed by atoms with Crippen LogP contribution in [0.25, 0.3) is 0 Å². The molecular weight excluding hydrogens is 242 g/mol. The van der Waals surface area contributed by atoms with Gasteiger partial charge in [0.25, 0.3) is 0 Å². The summed E-state index contributed by atoms with van der Waals surface area (Å²) in [5, 5.41) is 4.58. The summed E-state index contributed by atoms with van der Waals surface area (Å²) < 4.78 is 0. The van der Waals surface area contributed by atoms with Gasteiger partial charge in [0.15, 0.2) is 0 Å². The number of aryl methyl sites for hydroxylation is 1. The minimum absolute atomic E-state index is 0.683. The van der Waals surface area contributed by atoms with Gasteiger partial charge in [0.1, 0.15) is 0 Å². The molecule has 0 amide bonds. The smallest absolute Gasteiger partial charge is 0.0453 e. The lowest BCUT2D eigenvalue weighted by Crippen LogP contribution is -2.29. The number of rotatable bonds is 3. The quantitative estimate of drug-likeness (QED) is 0.824. The van der Waals surface area contributed by atoms with E-state index < -0.39 is 0 Å². The Balaban J connectivity index is 1.85. The van der Waals surface area contributed by atoms with Crippen LogP contribution in [-0.2, 0) is 6.54 Å². The van der Waals surface area contributed by atoms with Crippen molar-refractivity contribution < 1.29 is 0 Å². The molecular formula is C16H24ClN. The monoisotopic (exact) mass is 265 g/mol. The highest BCUT2D eigenvalue weighted by atomic mass is 35.5. The van der Waals surface area contributed by atoms with Gasteiger partial charge in [0.2, 0.25) is 0 Å². The molecule has 1 fully saturated rings. The van der Waals surface area contributed by atoms with Gasteiger partial charge in [-0.05, 0) is 37.0 Å². The predicted octanol–water partition coefficient (Wildman–Crippen LogP) is 4.85. The van der Waals surface area contributed by atoms with E-state index in [1.165, 1.54) is 56.1 Å². The normalized spacial score (nSPS) is 18.3. The summed E-state index contributed by atoms with van der Waals surface area (Å²) in [7, 11) is 0. The molecule has 2 rings (SSSR count). The van der Waals surface area contributed by atoms with Crippen LogP contribution in [0.2, 0.25) is 5.02 Å². The number of hydrogen-bond donors (Lipinski definition) is 1. The highest BCUT2D eigenvalue weighted by Gasteiger charge is 2.11. The fourth-order valence-corrected chi connectivity index (χ4v) is 3.01. The van der Waals surface area contributed by atoms with Crippen molar-refractivity contribution in [1.29, 1.82) is 0 Å². The summed E-state index contributed by atoms with van der Waals surface area (Å²) >= 11 is 6.27. The van der Waals surface area contributed by atoms with Gasteiger partial charge in [-0.3, -0.25) is 0 Å². The van der Waals surface area contributed by atoms with Crippen LogP contribution < -0.4 is 5.32 Å². The molecule has 1 aromatic carbocycles. The fourth-order valence-electron chi connectivity index (χ4n) is 2.71. The lowest BCUT2D eigenvalue weighted by molar-refractivity contribution is 0.389. The molecule has 0 unspecified atom stereocenters. The number of nitrogens with one attached hydrogen (secondary N) is 1. The first-order chi connectivity index (χ1) is 8.75. The van der Waals surface area contributed by atoms with Crippen molar-refractivity contribution in [2.75, 3.05) is 0 Å². The molecule has 0 aliphatic heterocycles. The predicted molar refractivity (Wildman–Crippen MR) is 79.1 cm³/mol. The van der Waals surface area contributed by atoms with E-state index in [0.717, 1.165) is 11.6 Å². The van der Waals surface area contributed by atoms with Crippen LogP contribution in [0.3, 0.4) is 0 Å². The Labute approximate surface area is 116 Å². The zero-order chi connectivity index (χ0) is 12.8. The third kappa shape index (κ3) is 4.29. The number of halogens is 1. The molecule has 1 nitrogen and oxygen atoms in total. The third-order valence-electron chi connectivity index (χ3n) is 3.89. The van der Waals surface area contributed by atoms with Crippen LogP contribution in [0.4, 0.5) is 0 Å². The Morgan fingerprint density at radius 1 is 1.11 bits per heavy atom. The summed E-state index contributed by atoms with van der Waals surface area (Å²) in [6.07, 6.45) is 9.63. The van der Waals surface area contributed by atoms with Crippen LogP contribution in [0.15, 0.2) is 18.2 Å². The van der Waals surface area contributed by atoms with Gasteiger partial charge in [-0.15, -0.1) is 0 Å². The molecule has 1 N–H and O–H groups in total. The number of benzene rings is 1. The van der Waals surface area contributed by atoms with Crippen molar-refractivity contribution in [3.8, 4) is 0 Å². The van der Waals surface area contributed by atoms with Crippen LogP contribution in [0, 0.1) is 6.92 Å². The van der Waals surface area contributed by atoms with E-state index in [0.29, 0.717) is 6.04 Å². The molecule has 1 aromatic rings. The molecule has 0 atom stereocenters. The van der Waals surface area contributed by atoms with Gasteiger partial charge < -0.3 is 5.32 Å². The van der Waals surface area contributed by atoms with Gasteiger partial charge in [0.05, 0.1) is 0 Å². The van der Waals surface area contributed by atoms with E-state index in [4.69, 9.17) is 11.6 Å². The molecule has 0 bridgehead atoms. The SMILES string of the molecule is Cc1ccc(CNC2CCCCCCC2)c(Cl)c1. The van der Waals surface area contributed by atoms with Crippen molar-refractivity contribution in [3.05, 3.63) is 34.3 Å².